The highest BCUT2D eigenvalue weighted by molar-refractivity contribution is 5.89. The van der Waals surface area contributed by atoms with Gasteiger partial charge in [0, 0.05) is 12.1 Å². The Morgan fingerprint density at radius 1 is 0.895 bits per heavy atom. The molecule has 0 unspecified atom stereocenters. The first kappa shape index (κ1) is 26.3. The second-order valence-corrected chi connectivity index (χ2v) is 8.03. The Labute approximate surface area is 214 Å². The van der Waals surface area contributed by atoms with Crippen LogP contribution in [0, 0.1) is 6.92 Å². The first-order valence-electron chi connectivity index (χ1n) is 11.1. The van der Waals surface area contributed by atoms with E-state index in [4.69, 9.17) is 23.4 Å². The van der Waals surface area contributed by atoms with Gasteiger partial charge in [0.25, 0.3) is 5.76 Å². The summed E-state index contributed by atoms with van der Waals surface area (Å²) < 4.78 is 67.2. The summed E-state index contributed by atoms with van der Waals surface area (Å²) in [5, 5.41) is -0.180. The summed E-state index contributed by atoms with van der Waals surface area (Å²) in [5.41, 5.74) is 0.0257. The van der Waals surface area contributed by atoms with Crippen LogP contribution in [0.1, 0.15) is 16.9 Å². The molecule has 3 aromatic carbocycles. The third kappa shape index (κ3) is 5.80. The number of esters is 1. The van der Waals surface area contributed by atoms with Crippen LogP contribution >= 0.6 is 0 Å². The van der Waals surface area contributed by atoms with Crippen LogP contribution in [0.5, 0.6) is 28.7 Å². The molecule has 1 aromatic heterocycles. The lowest BCUT2D eigenvalue weighted by molar-refractivity contribution is -0.154. The van der Waals surface area contributed by atoms with Gasteiger partial charge >= 0.3 is 12.1 Å². The lowest BCUT2D eigenvalue weighted by Crippen LogP contribution is -2.15. The Morgan fingerprint density at radius 3 is 2.24 bits per heavy atom. The molecule has 38 heavy (non-hydrogen) atoms. The number of aryl methyl sites for hydroxylation is 1. The number of methoxy groups -OCH3 is 2. The second kappa shape index (κ2) is 10.7. The summed E-state index contributed by atoms with van der Waals surface area (Å²) in [6.07, 6.45) is -2.44. The molecule has 0 aliphatic rings. The molecule has 7 nitrogen and oxygen atoms in total. The van der Waals surface area contributed by atoms with E-state index in [2.05, 4.69) is 0 Å². The molecule has 0 bridgehead atoms. The summed E-state index contributed by atoms with van der Waals surface area (Å²) in [6, 6.07) is 14.6. The molecular formula is C28H21F3O7. The molecule has 0 aliphatic heterocycles. The Hall–Kier alpha value is -4.73. The third-order valence-corrected chi connectivity index (χ3v) is 5.36. The van der Waals surface area contributed by atoms with Gasteiger partial charge in [0.1, 0.15) is 17.1 Å². The topological polar surface area (TPSA) is 84.2 Å². The van der Waals surface area contributed by atoms with E-state index in [9.17, 15) is 22.8 Å². The minimum atomic E-state index is -5.03. The summed E-state index contributed by atoms with van der Waals surface area (Å²) in [6.45, 7) is 1.80. The van der Waals surface area contributed by atoms with Crippen LogP contribution in [0.3, 0.4) is 0 Å². The van der Waals surface area contributed by atoms with Gasteiger partial charge in [-0.3, -0.25) is 4.79 Å². The SMILES string of the molecule is COc1ccc(C=CC(=O)Oc2ccc3c(=O)c(Oc4ccc(C)cc4)c(C(F)(F)F)oc3c2)cc1OC. The van der Waals surface area contributed by atoms with Gasteiger partial charge < -0.3 is 23.4 Å². The van der Waals surface area contributed by atoms with E-state index in [1.807, 2.05) is 0 Å². The Kier molecular flexibility index (Phi) is 7.43. The Morgan fingerprint density at radius 2 is 1.58 bits per heavy atom. The molecule has 0 radical (unpaired) electrons. The van der Waals surface area contributed by atoms with Crippen molar-refractivity contribution in [2.45, 2.75) is 13.1 Å². The van der Waals surface area contributed by atoms with Crippen molar-refractivity contribution in [1.29, 1.82) is 0 Å². The molecule has 0 N–H and O–H groups in total. The fraction of sp³-hybridized carbons (Fsp3) is 0.143. The average molecular weight is 526 g/mol. The van der Waals surface area contributed by atoms with Crippen LogP contribution in [-0.4, -0.2) is 20.2 Å². The number of halogens is 3. The normalized spacial score (nSPS) is 11.5. The standard InChI is InChI=1S/C28H21F3O7/c1-16-4-8-18(9-5-16)37-26-25(33)20-11-10-19(15-22(20)38-27(26)28(29,30)31)36-24(32)13-7-17-6-12-21(34-2)23(14-17)35-3/h4-15H,1-3H3. The molecule has 0 spiro atoms. The van der Waals surface area contributed by atoms with Crippen molar-refractivity contribution in [3.8, 4) is 28.7 Å². The van der Waals surface area contributed by atoms with Crippen LogP contribution in [0.15, 0.2) is 76.0 Å². The lowest BCUT2D eigenvalue weighted by Gasteiger charge is -2.13. The maximum absolute atomic E-state index is 13.8. The predicted octanol–water partition coefficient (Wildman–Crippen LogP) is 6.55. The zero-order valence-corrected chi connectivity index (χ0v) is 20.4. The van der Waals surface area contributed by atoms with E-state index in [0.717, 1.165) is 17.7 Å². The molecule has 1 heterocycles. The minimum Gasteiger partial charge on any atom is -0.493 e. The molecule has 0 atom stereocenters. The van der Waals surface area contributed by atoms with Crippen LogP contribution in [0.4, 0.5) is 13.2 Å². The fourth-order valence-corrected chi connectivity index (χ4v) is 3.49. The van der Waals surface area contributed by atoms with Crippen molar-refractivity contribution < 1.29 is 41.3 Å². The molecular weight excluding hydrogens is 505 g/mol. The highest BCUT2D eigenvalue weighted by Crippen LogP contribution is 2.38. The van der Waals surface area contributed by atoms with Crippen molar-refractivity contribution in [3.05, 3.63) is 93.9 Å². The van der Waals surface area contributed by atoms with E-state index in [0.29, 0.717) is 17.1 Å². The number of carbonyl (C=O) groups excluding carboxylic acids is 1. The minimum absolute atomic E-state index is 0.0413. The monoisotopic (exact) mass is 526 g/mol. The summed E-state index contributed by atoms with van der Waals surface area (Å²) >= 11 is 0. The molecule has 4 aromatic rings. The van der Waals surface area contributed by atoms with E-state index in [1.165, 1.54) is 44.6 Å². The van der Waals surface area contributed by atoms with Crippen molar-refractivity contribution >= 4 is 23.0 Å². The first-order valence-corrected chi connectivity index (χ1v) is 11.1. The van der Waals surface area contributed by atoms with Gasteiger partial charge in [-0.25, -0.2) is 4.79 Å². The molecule has 0 fully saturated rings. The van der Waals surface area contributed by atoms with Gasteiger partial charge in [-0.15, -0.1) is 0 Å². The number of alkyl halides is 3. The molecule has 4 rings (SSSR count). The van der Waals surface area contributed by atoms with Crippen molar-refractivity contribution in [2.75, 3.05) is 14.2 Å². The maximum Gasteiger partial charge on any atom is 0.453 e. The number of hydrogen-bond acceptors (Lipinski definition) is 7. The van der Waals surface area contributed by atoms with Crippen molar-refractivity contribution in [1.82, 2.24) is 0 Å². The van der Waals surface area contributed by atoms with Gasteiger partial charge in [-0.2, -0.15) is 13.2 Å². The third-order valence-electron chi connectivity index (χ3n) is 5.36. The van der Waals surface area contributed by atoms with E-state index in [1.54, 1.807) is 37.3 Å². The number of ether oxygens (including phenoxy) is 4. The maximum atomic E-state index is 13.8. The fourth-order valence-electron chi connectivity index (χ4n) is 3.49. The zero-order chi connectivity index (χ0) is 27.4. The van der Waals surface area contributed by atoms with E-state index >= 15 is 0 Å². The summed E-state index contributed by atoms with van der Waals surface area (Å²) in [4.78, 5) is 25.3. The van der Waals surface area contributed by atoms with E-state index < -0.39 is 34.7 Å². The Bertz CT molecular complexity index is 1570. The van der Waals surface area contributed by atoms with Gasteiger partial charge in [0.15, 0.2) is 11.5 Å². The smallest absolute Gasteiger partial charge is 0.453 e. The van der Waals surface area contributed by atoms with E-state index in [-0.39, 0.29) is 16.9 Å². The van der Waals surface area contributed by atoms with Crippen LogP contribution in [0.25, 0.3) is 17.0 Å². The van der Waals surface area contributed by atoms with Gasteiger partial charge in [0.2, 0.25) is 11.2 Å². The second-order valence-electron chi connectivity index (χ2n) is 8.03. The molecule has 0 saturated carbocycles. The lowest BCUT2D eigenvalue weighted by atomic mass is 10.2. The molecule has 0 amide bonds. The molecule has 10 heteroatoms. The zero-order valence-electron chi connectivity index (χ0n) is 20.4. The highest BCUT2D eigenvalue weighted by Gasteiger charge is 2.40. The van der Waals surface area contributed by atoms with Gasteiger partial charge in [0.05, 0.1) is 19.6 Å². The summed E-state index contributed by atoms with van der Waals surface area (Å²) in [7, 11) is 2.96. The van der Waals surface area contributed by atoms with Crippen LogP contribution in [-0.2, 0) is 11.0 Å². The molecule has 0 saturated heterocycles. The number of hydrogen-bond donors (Lipinski definition) is 0. The predicted molar refractivity (Wildman–Crippen MR) is 133 cm³/mol. The van der Waals surface area contributed by atoms with Crippen molar-refractivity contribution in [3.63, 3.8) is 0 Å². The largest absolute Gasteiger partial charge is 0.493 e. The van der Waals surface area contributed by atoms with Gasteiger partial charge in [-0.05, 0) is 55.0 Å². The first-order chi connectivity index (χ1) is 18.1. The summed E-state index contributed by atoms with van der Waals surface area (Å²) in [5.74, 6) is -2.52. The Balaban J connectivity index is 1.62. The molecule has 0 aliphatic carbocycles. The number of fused-ring (bicyclic) bond motifs is 1. The highest BCUT2D eigenvalue weighted by atomic mass is 19.4. The average Bonchev–Trinajstić information content (AvgIpc) is 2.89. The van der Waals surface area contributed by atoms with Crippen LogP contribution in [0.2, 0.25) is 0 Å². The van der Waals surface area contributed by atoms with Gasteiger partial charge in [-0.1, -0.05) is 23.8 Å². The van der Waals surface area contributed by atoms with Crippen molar-refractivity contribution in [2.24, 2.45) is 0 Å². The van der Waals surface area contributed by atoms with Crippen LogP contribution < -0.4 is 24.4 Å². The number of rotatable bonds is 7. The molecule has 196 valence electrons. The number of benzene rings is 3. The quantitative estimate of drug-likeness (QED) is 0.153. The number of carbonyl (C=O) groups is 1.